The van der Waals surface area contributed by atoms with Crippen LogP contribution in [0.2, 0.25) is 0 Å². The van der Waals surface area contributed by atoms with Crippen LogP contribution in [-0.4, -0.2) is 166 Å². The Bertz CT molecular complexity index is 4080. The maximum absolute atomic E-state index is 12.6. The number of nitrogens with zero attached hydrogens (tertiary/aromatic N) is 17. The second-order valence-corrected chi connectivity index (χ2v) is 23.3. The van der Waals surface area contributed by atoms with Crippen molar-refractivity contribution in [3.63, 3.8) is 0 Å². The number of rotatable bonds is 18. The summed E-state index contributed by atoms with van der Waals surface area (Å²) in [5.74, 6) is 2.61. The quantitative estimate of drug-likeness (QED) is 0.0605. The van der Waals surface area contributed by atoms with Gasteiger partial charge in [-0.25, -0.2) is 34.6 Å². The Hall–Kier alpha value is -9.71. The molecule has 0 radical (unpaired) electrons. The van der Waals surface area contributed by atoms with Crippen LogP contribution in [0.5, 0.6) is 23.3 Å². The summed E-state index contributed by atoms with van der Waals surface area (Å²) in [6, 6.07) is 15.1. The summed E-state index contributed by atoms with van der Waals surface area (Å²) < 4.78 is 22.0. The standard InChI is InChI=1S/C23H30N8O.C22H28N6O2.C21H23N7O/c1-15-9-16(10-17-13-29(3)7-5-19(15)17)20-12-26-21(24)22(28-20)31-14-18(11-27-31)23(32)30(4)8-6-25-2;1-4-29-8-7-28-14-18(11-25-28)30-22-21(23)24-12-20(26-22)16-9-15(2)19-5-6-27(3)13-17(19)10-16;1-14-8-15(9-16-12-27(2)7-4-18(14)16)19-11-24-20(23)21(26-19)29-17-10-25-28(13-17)6-3-5-22/h9-12,14,25H,5-8,13H2,1-4H3,(H2,24,26);9-12,14H,4-8,13H2,1-3H3,(H2,23,24);8-11,13H,3-4,6-7,12H2,1-2H3,(H2,23,24). The van der Waals surface area contributed by atoms with Crippen LogP contribution in [0.3, 0.4) is 0 Å². The predicted octanol–water partition coefficient (Wildman–Crippen LogP) is 7.47. The number of amides is 1. The average Bonchev–Trinajstić information content (AvgIpc) is 3.76. The Morgan fingerprint density at radius 3 is 1.55 bits per heavy atom. The number of ether oxygens (including phenoxy) is 3. The molecule has 0 atom stereocenters. The molecule has 0 saturated carbocycles. The van der Waals surface area contributed by atoms with Gasteiger partial charge in [-0.2, -0.15) is 20.6 Å². The van der Waals surface area contributed by atoms with E-state index in [2.05, 4.69) is 145 Å². The van der Waals surface area contributed by atoms with Crippen molar-refractivity contribution in [2.45, 2.75) is 86.1 Å². The minimum Gasteiger partial charge on any atom is -0.433 e. The summed E-state index contributed by atoms with van der Waals surface area (Å²) in [5.41, 5.74) is 35.9. The van der Waals surface area contributed by atoms with Crippen molar-refractivity contribution in [2.24, 2.45) is 0 Å². The zero-order chi connectivity index (χ0) is 64.3. The lowest BCUT2D eigenvalue weighted by molar-refractivity contribution is 0.0796. The first-order valence-electron chi connectivity index (χ1n) is 30.6. The van der Waals surface area contributed by atoms with Crippen LogP contribution < -0.4 is 32.0 Å². The molecular weight excluding hydrogens is 1150 g/mol. The molecule has 9 aromatic rings. The Balaban J connectivity index is 0.000000150. The number of likely N-dealkylation sites (N-methyl/N-ethyl adjacent to an activating group) is 5. The molecule has 474 valence electrons. The molecule has 25 heteroatoms. The molecule has 91 heavy (non-hydrogen) atoms. The third kappa shape index (κ3) is 15.8. The molecule has 3 aromatic carbocycles. The Morgan fingerprint density at radius 2 is 1.09 bits per heavy atom. The highest BCUT2D eigenvalue weighted by atomic mass is 16.5. The number of fused-ring (bicyclic) bond motifs is 3. The SMILES string of the molecule is CCOCCn1cc(Oc2nc(-c3cc(C)c4c(c3)CN(C)CC4)cnc2N)cn1.CNCCN(C)C(=O)c1cnn(-c2nc(-c3cc(C)c4c(c3)CN(C)CC4)cnc2N)c1.Cc1cc(-c2cnc(N)c(Oc3cnn(CCC#N)c3)n2)cc2c1CCN(C)C2. The van der Waals surface area contributed by atoms with Gasteiger partial charge in [0.1, 0.15) is 0 Å². The number of nitrogen functional groups attached to an aromatic ring is 3. The highest BCUT2D eigenvalue weighted by molar-refractivity contribution is 5.93. The fourth-order valence-corrected chi connectivity index (χ4v) is 11.4. The number of anilines is 3. The number of nitrogens with one attached hydrogen (secondary N) is 1. The molecule has 7 N–H and O–H groups in total. The maximum atomic E-state index is 12.6. The summed E-state index contributed by atoms with van der Waals surface area (Å²) in [5, 5.41) is 24.5. The number of hydrogen-bond donors (Lipinski definition) is 4. The first-order chi connectivity index (χ1) is 43.9. The molecule has 12 rings (SSSR count). The summed E-state index contributed by atoms with van der Waals surface area (Å²) in [7, 11) is 10.0. The van der Waals surface area contributed by atoms with Gasteiger partial charge in [-0.05, 0) is 162 Å². The van der Waals surface area contributed by atoms with Crippen LogP contribution in [0.25, 0.3) is 39.6 Å². The molecule has 0 unspecified atom stereocenters. The molecule has 3 aliphatic heterocycles. The van der Waals surface area contributed by atoms with Crippen LogP contribution in [0.15, 0.2) is 92.2 Å². The smallest absolute Gasteiger partial charge is 0.263 e. The van der Waals surface area contributed by atoms with Crippen molar-refractivity contribution < 1.29 is 19.0 Å². The lowest BCUT2D eigenvalue weighted by atomic mass is 9.92. The van der Waals surface area contributed by atoms with Gasteiger partial charge in [0.2, 0.25) is 0 Å². The Morgan fingerprint density at radius 1 is 0.626 bits per heavy atom. The van der Waals surface area contributed by atoms with E-state index in [0.29, 0.717) is 74.4 Å². The number of nitriles is 1. The minimum absolute atomic E-state index is 0.108. The minimum atomic E-state index is -0.108. The number of carbonyl (C=O) groups is 1. The van der Waals surface area contributed by atoms with Crippen molar-refractivity contribution in [3.05, 3.63) is 148 Å². The molecule has 0 fully saturated rings. The number of nitrogens with two attached hydrogens (primary N) is 3. The third-order valence-electron chi connectivity index (χ3n) is 16.3. The van der Waals surface area contributed by atoms with Gasteiger partial charge < -0.3 is 56.3 Å². The normalized spacial score (nSPS) is 13.8. The van der Waals surface area contributed by atoms with E-state index in [1.54, 1.807) is 70.9 Å². The first-order valence-corrected chi connectivity index (χ1v) is 30.6. The van der Waals surface area contributed by atoms with Gasteiger partial charge in [0, 0.05) is 88.9 Å². The van der Waals surface area contributed by atoms with Crippen LogP contribution in [0.4, 0.5) is 17.5 Å². The van der Waals surface area contributed by atoms with Crippen molar-refractivity contribution in [1.29, 1.82) is 5.26 Å². The summed E-state index contributed by atoms with van der Waals surface area (Å²) >= 11 is 0. The molecule has 25 nitrogen and oxygen atoms in total. The highest BCUT2D eigenvalue weighted by Gasteiger charge is 2.23. The van der Waals surface area contributed by atoms with Gasteiger partial charge in [-0.15, -0.1) is 0 Å². The molecule has 0 spiro atoms. The topological polar surface area (TPSA) is 302 Å². The predicted molar refractivity (Wildman–Crippen MR) is 349 cm³/mol. The van der Waals surface area contributed by atoms with E-state index in [1.807, 2.05) is 14.0 Å². The van der Waals surface area contributed by atoms with Crippen molar-refractivity contribution in [1.82, 2.24) is 84.2 Å². The number of aromatic nitrogens is 12. The second kappa shape index (κ2) is 29.3. The summed E-state index contributed by atoms with van der Waals surface area (Å²) in [6.07, 6.45) is 18.5. The van der Waals surface area contributed by atoms with E-state index >= 15 is 0 Å². The molecule has 6 aromatic heterocycles. The second-order valence-electron chi connectivity index (χ2n) is 23.3. The van der Waals surface area contributed by atoms with E-state index in [1.165, 1.54) is 60.9 Å². The third-order valence-corrected chi connectivity index (χ3v) is 16.3. The number of benzene rings is 3. The van der Waals surface area contributed by atoms with Crippen molar-refractivity contribution in [3.8, 4) is 68.9 Å². The van der Waals surface area contributed by atoms with Gasteiger partial charge in [-0.3, -0.25) is 14.2 Å². The van der Waals surface area contributed by atoms with E-state index in [0.717, 1.165) is 86.6 Å². The summed E-state index contributed by atoms with van der Waals surface area (Å²) in [6.45, 7) is 18.2. The van der Waals surface area contributed by atoms with Gasteiger partial charge in [0.25, 0.3) is 17.7 Å². The average molecular weight is 1230 g/mol. The van der Waals surface area contributed by atoms with Crippen LogP contribution in [0, 0.1) is 32.1 Å². The fraction of sp³-hybridized carbons (Fsp3) is 0.379. The number of carbonyl (C=O) groups excluding carboxylic acids is 1. The number of hydrogen-bond acceptors (Lipinski definition) is 21. The lowest BCUT2D eigenvalue weighted by Crippen LogP contribution is -2.32. The van der Waals surface area contributed by atoms with Crippen LogP contribution >= 0.6 is 0 Å². The Labute approximate surface area is 530 Å². The zero-order valence-electron chi connectivity index (χ0n) is 53.4. The molecule has 0 bridgehead atoms. The molecule has 1 amide bonds. The van der Waals surface area contributed by atoms with E-state index in [9.17, 15) is 4.79 Å². The van der Waals surface area contributed by atoms with E-state index in [4.69, 9.17) is 41.7 Å². The first kappa shape index (κ1) is 64.3. The maximum Gasteiger partial charge on any atom is 0.263 e. The van der Waals surface area contributed by atoms with E-state index in [-0.39, 0.29) is 35.1 Å². The monoisotopic (exact) mass is 1230 g/mol. The molecule has 9 heterocycles. The van der Waals surface area contributed by atoms with Gasteiger partial charge >= 0.3 is 0 Å². The number of aryl methyl sites for hydroxylation is 4. The molecular formula is C66H81N21O4. The zero-order valence-corrected chi connectivity index (χ0v) is 53.4. The highest BCUT2D eigenvalue weighted by Crippen LogP contribution is 2.34. The summed E-state index contributed by atoms with van der Waals surface area (Å²) in [4.78, 5) is 48.2. The van der Waals surface area contributed by atoms with Gasteiger partial charge in [-0.1, -0.05) is 0 Å². The van der Waals surface area contributed by atoms with Crippen LogP contribution in [0.1, 0.15) is 73.8 Å². The van der Waals surface area contributed by atoms with E-state index < -0.39 is 0 Å². The largest absolute Gasteiger partial charge is 0.433 e. The lowest BCUT2D eigenvalue weighted by Gasteiger charge is -2.27. The van der Waals surface area contributed by atoms with Crippen molar-refractivity contribution in [2.75, 3.05) is 98.4 Å². The molecule has 0 aliphatic carbocycles. The van der Waals surface area contributed by atoms with Gasteiger partial charge in [0.15, 0.2) is 34.8 Å². The van der Waals surface area contributed by atoms with Crippen LogP contribution in [-0.2, 0) is 56.7 Å². The fourth-order valence-electron chi connectivity index (χ4n) is 11.4. The molecule has 3 aliphatic rings. The van der Waals surface area contributed by atoms with Gasteiger partial charge in [0.05, 0.1) is 104 Å². The Kier molecular flexibility index (Phi) is 20.7. The molecule has 0 saturated heterocycles. The van der Waals surface area contributed by atoms with Crippen molar-refractivity contribution >= 4 is 23.4 Å².